The zero-order valence-electron chi connectivity index (χ0n) is 17.0. The van der Waals surface area contributed by atoms with E-state index in [1.165, 1.54) is 11.1 Å². The summed E-state index contributed by atoms with van der Waals surface area (Å²) >= 11 is 0. The van der Waals surface area contributed by atoms with Gasteiger partial charge in [-0.15, -0.1) is 0 Å². The molecule has 4 aromatic heterocycles. The van der Waals surface area contributed by atoms with Gasteiger partial charge in [0.1, 0.15) is 11.3 Å². The van der Waals surface area contributed by atoms with Gasteiger partial charge in [0.05, 0.1) is 22.8 Å². The summed E-state index contributed by atoms with van der Waals surface area (Å²) in [5.41, 5.74) is 9.56. The van der Waals surface area contributed by atoms with E-state index >= 15 is 0 Å². The van der Waals surface area contributed by atoms with Crippen LogP contribution in [0.4, 0.5) is 0 Å². The molecule has 0 amide bonds. The maximum absolute atomic E-state index is 4.96. The van der Waals surface area contributed by atoms with Crippen LogP contribution in [0.1, 0.15) is 60.8 Å². The van der Waals surface area contributed by atoms with Crippen LogP contribution in [-0.2, 0) is 0 Å². The van der Waals surface area contributed by atoms with E-state index in [2.05, 4.69) is 70.3 Å². The van der Waals surface area contributed by atoms with E-state index in [1.807, 2.05) is 4.52 Å². The van der Waals surface area contributed by atoms with Crippen molar-refractivity contribution in [2.24, 2.45) is 0 Å². The summed E-state index contributed by atoms with van der Waals surface area (Å²) < 4.78 is 4.21. The Hall–Kier alpha value is -2.69. The molecule has 5 nitrogen and oxygen atoms in total. The molecule has 0 saturated carbocycles. The van der Waals surface area contributed by atoms with Crippen molar-refractivity contribution in [1.29, 1.82) is 0 Å². The average Bonchev–Trinajstić information content (AvgIpc) is 3.12. The number of nitrogens with zero attached hydrogens (tertiary/aromatic N) is 5. The Kier molecular flexibility index (Phi) is 4.25. The molecule has 0 N–H and O–H groups in total. The van der Waals surface area contributed by atoms with Crippen molar-refractivity contribution < 1.29 is 0 Å². The van der Waals surface area contributed by atoms with Gasteiger partial charge in [0.2, 0.25) is 0 Å². The first-order chi connectivity index (χ1) is 13.0. The van der Waals surface area contributed by atoms with E-state index in [0.717, 1.165) is 52.6 Å². The third-order valence-electron chi connectivity index (χ3n) is 5.58. The molecular weight excluding hydrogens is 334 g/mol. The molecule has 4 aromatic rings. The molecule has 0 aliphatic heterocycles. The summed E-state index contributed by atoms with van der Waals surface area (Å²) in [6.45, 7) is 12.8. The zero-order valence-corrected chi connectivity index (χ0v) is 17.0. The first-order valence-corrected chi connectivity index (χ1v) is 9.77. The van der Waals surface area contributed by atoms with Crippen LogP contribution in [0.5, 0.6) is 0 Å². The fraction of sp³-hybridized carbons (Fsp3) is 0.409. The Morgan fingerprint density at radius 1 is 0.926 bits per heavy atom. The highest BCUT2D eigenvalue weighted by Gasteiger charge is 2.23. The van der Waals surface area contributed by atoms with Crippen molar-refractivity contribution in [2.75, 3.05) is 0 Å². The third-order valence-corrected chi connectivity index (χ3v) is 5.58. The van der Waals surface area contributed by atoms with Crippen molar-refractivity contribution in [2.45, 2.75) is 60.3 Å². The normalized spacial score (nSPS) is 12.0. The molecule has 0 spiro atoms. The van der Waals surface area contributed by atoms with Crippen molar-refractivity contribution in [3.05, 3.63) is 52.6 Å². The van der Waals surface area contributed by atoms with Crippen LogP contribution in [0, 0.1) is 27.7 Å². The minimum atomic E-state index is 0.495. The van der Waals surface area contributed by atoms with Gasteiger partial charge in [0, 0.05) is 11.8 Å². The first kappa shape index (κ1) is 17.7. The van der Waals surface area contributed by atoms with Gasteiger partial charge in [-0.25, -0.2) is 14.5 Å². The van der Waals surface area contributed by atoms with Gasteiger partial charge in [0.25, 0.3) is 0 Å². The Balaban J connectivity index is 2.09. The molecule has 0 radical (unpaired) electrons. The maximum atomic E-state index is 4.96. The molecule has 4 rings (SSSR count). The summed E-state index contributed by atoms with van der Waals surface area (Å²) in [5, 5.41) is 4.85. The van der Waals surface area contributed by atoms with Crippen LogP contribution in [0.25, 0.3) is 22.7 Å². The van der Waals surface area contributed by atoms with Crippen molar-refractivity contribution in [3.63, 3.8) is 0 Å². The lowest BCUT2D eigenvalue weighted by atomic mass is 9.95. The average molecular weight is 361 g/mol. The molecule has 5 heteroatoms. The number of fused-ring (bicyclic) bond motifs is 2. The summed E-state index contributed by atoms with van der Waals surface area (Å²) in [6, 6.07) is 6.37. The van der Waals surface area contributed by atoms with Gasteiger partial charge in [-0.1, -0.05) is 19.9 Å². The lowest BCUT2D eigenvalue weighted by Gasteiger charge is -2.14. The highest BCUT2D eigenvalue weighted by atomic mass is 15.3. The van der Waals surface area contributed by atoms with Crippen LogP contribution in [0.15, 0.2) is 24.4 Å². The van der Waals surface area contributed by atoms with E-state index in [1.54, 1.807) is 0 Å². The molecule has 0 bridgehead atoms. The maximum Gasteiger partial charge on any atom is 0.158 e. The lowest BCUT2D eigenvalue weighted by Crippen LogP contribution is -2.06. The van der Waals surface area contributed by atoms with Gasteiger partial charge in [-0.05, 0) is 64.2 Å². The fourth-order valence-electron chi connectivity index (χ4n) is 4.18. The van der Waals surface area contributed by atoms with Crippen LogP contribution in [-0.4, -0.2) is 24.0 Å². The molecule has 27 heavy (non-hydrogen) atoms. The summed E-state index contributed by atoms with van der Waals surface area (Å²) in [7, 11) is 0. The van der Waals surface area contributed by atoms with Crippen molar-refractivity contribution in [1.82, 2.24) is 24.0 Å². The van der Waals surface area contributed by atoms with Crippen molar-refractivity contribution in [3.8, 4) is 11.4 Å². The quantitative estimate of drug-likeness (QED) is 0.503. The third kappa shape index (κ3) is 2.64. The monoisotopic (exact) mass is 361 g/mol. The Labute approximate surface area is 160 Å². The number of aryl methyl sites for hydroxylation is 4. The summed E-state index contributed by atoms with van der Waals surface area (Å²) in [5.74, 6) is 0.495. The van der Waals surface area contributed by atoms with E-state index in [-0.39, 0.29) is 0 Å². The highest BCUT2D eigenvalue weighted by Crippen LogP contribution is 2.33. The van der Waals surface area contributed by atoms with Gasteiger partial charge >= 0.3 is 0 Å². The SMILES string of the molecule is CCC(CC)c1cc(C)nn2c(-c3c(C)nc4c(C)cccn34)c(C)nc12. The molecule has 0 aliphatic carbocycles. The molecule has 0 aromatic carbocycles. The standard InChI is InChI=1S/C22H27N5/c1-7-17(8-2)18-12-14(4)25-27-20(16(6)24-22(18)27)19-15(5)23-21-13(3)10-9-11-26(19)21/h9-12,17H,7-8H2,1-6H3. The van der Waals surface area contributed by atoms with Crippen LogP contribution in [0.2, 0.25) is 0 Å². The van der Waals surface area contributed by atoms with Gasteiger partial charge < -0.3 is 0 Å². The van der Waals surface area contributed by atoms with E-state index in [0.29, 0.717) is 5.92 Å². The summed E-state index contributed by atoms with van der Waals surface area (Å²) in [6.07, 6.45) is 4.28. The van der Waals surface area contributed by atoms with E-state index in [9.17, 15) is 0 Å². The smallest absolute Gasteiger partial charge is 0.158 e. The number of hydrogen-bond acceptors (Lipinski definition) is 3. The minimum Gasteiger partial charge on any atom is -0.298 e. The number of imidazole rings is 2. The molecule has 0 saturated heterocycles. The predicted molar refractivity (Wildman–Crippen MR) is 109 cm³/mol. The second-order valence-electron chi connectivity index (χ2n) is 7.47. The van der Waals surface area contributed by atoms with E-state index in [4.69, 9.17) is 15.1 Å². The second-order valence-corrected chi connectivity index (χ2v) is 7.47. The Bertz CT molecular complexity index is 1140. The molecule has 0 atom stereocenters. The summed E-state index contributed by atoms with van der Waals surface area (Å²) in [4.78, 5) is 9.78. The van der Waals surface area contributed by atoms with Gasteiger partial charge in [0.15, 0.2) is 5.65 Å². The molecule has 0 unspecified atom stereocenters. The Morgan fingerprint density at radius 3 is 2.30 bits per heavy atom. The number of hydrogen-bond donors (Lipinski definition) is 0. The Morgan fingerprint density at radius 2 is 1.59 bits per heavy atom. The molecular formula is C22H27N5. The van der Waals surface area contributed by atoms with E-state index < -0.39 is 0 Å². The predicted octanol–water partition coefficient (Wildman–Crippen LogP) is 5.18. The molecule has 0 fully saturated rings. The van der Waals surface area contributed by atoms with Crippen molar-refractivity contribution >= 4 is 11.3 Å². The van der Waals surface area contributed by atoms with Crippen LogP contribution < -0.4 is 0 Å². The first-order valence-electron chi connectivity index (χ1n) is 9.77. The van der Waals surface area contributed by atoms with Gasteiger partial charge in [-0.2, -0.15) is 5.10 Å². The number of pyridine rings is 1. The molecule has 140 valence electrons. The number of aromatic nitrogens is 5. The lowest BCUT2D eigenvalue weighted by molar-refractivity contribution is 0.638. The van der Waals surface area contributed by atoms with Crippen LogP contribution >= 0.6 is 0 Å². The largest absolute Gasteiger partial charge is 0.298 e. The molecule has 0 aliphatic rings. The van der Waals surface area contributed by atoms with Gasteiger partial charge in [-0.3, -0.25) is 4.40 Å². The minimum absolute atomic E-state index is 0.495. The highest BCUT2D eigenvalue weighted by molar-refractivity contribution is 5.71. The van der Waals surface area contributed by atoms with Crippen LogP contribution in [0.3, 0.4) is 0 Å². The topological polar surface area (TPSA) is 47.5 Å². The molecule has 4 heterocycles. The zero-order chi connectivity index (χ0) is 19.3. The second kappa shape index (κ2) is 6.48. The number of rotatable bonds is 4. The fourth-order valence-corrected chi connectivity index (χ4v) is 4.18.